The summed E-state index contributed by atoms with van der Waals surface area (Å²) < 4.78 is 0. The van der Waals surface area contributed by atoms with E-state index in [2.05, 4.69) is 5.32 Å². The van der Waals surface area contributed by atoms with Crippen LogP contribution in [-0.2, 0) is 14.4 Å². The van der Waals surface area contributed by atoms with E-state index in [-0.39, 0.29) is 29.7 Å². The monoisotopic (exact) mass is 489 g/mol. The normalized spacial score (nSPS) is 21.7. The predicted octanol–water partition coefficient (Wildman–Crippen LogP) is 4.53. The van der Waals surface area contributed by atoms with Gasteiger partial charge in [-0.05, 0) is 30.7 Å². The maximum atomic E-state index is 13.5. The molecule has 7 heteroatoms. The summed E-state index contributed by atoms with van der Waals surface area (Å²) in [4.78, 5) is 42.9. The first kappa shape index (κ1) is 26.5. The number of hydrogen-bond donors (Lipinski definition) is 1. The van der Waals surface area contributed by atoms with E-state index in [1.807, 2.05) is 56.0 Å². The third kappa shape index (κ3) is 6.74. The Morgan fingerprint density at radius 2 is 1.79 bits per heavy atom. The minimum Gasteiger partial charge on any atom is -0.342 e. The highest BCUT2D eigenvalue weighted by Crippen LogP contribution is 2.29. The lowest BCUT2D eigenvalue weighted by Gasteiger charge is -2.42. The first-order valence-electron chi connectivity index (χ1n) is 12.9. The average Bonchev–Trinajstić information content (AvgIpc) is 3.38. The first-order valence-corrected chi connectivity index (χ1v) is 13.3. The molecule has 34 heavy (non-hydrogen) atoms. The van der Waals surface area contributed by atoms with Gasteiger partial charge in [0.15, 0.2) is 0 Å². The fourth-order valence-corrected chi connectivity index (χ4v) is 5.39. The molecule has 1 aliphatic carbocycles. The molecule has 3 amide bonds. The van der Waals surface area contributed by atoms with Crippen LogP contribution in [0.4, 0.5) is 0 Å². The Morgan fingerprint density at radius 3 is 2.41 bits per heavy atom. The van der Waals surface area contributed by atoms with Gasteiger partial charge in [-0.2, -0.15) is 0 Å². The number of hydrogen-bond acceptors (Lipinski definition) is 3. The Hall–Kier alpha value is -2.08. The molecule has 0 aromatic heterocycles. The quantitative estimate of drug-likeness (QED) is 0.518. The molecule has 1 aromatic carbocycles. The van der Waals surface area contributed by atoms with Crippen molar-refractivity contribution in [1.29, 1.82) is 0 Å². The average molecular weight is 490 g/mol. The Labute approximate surface area is 209 Å². The summed E-state index contributed by atoms with van der Waals surface area (Å²) in [7, 11) is 0. The largest absolute Gasteiger partial charge is 0.342 e. The van der Waals surface area contributed by atoms with Crippen LogP contribution < -0.4 is 5.32 Å². The first-order chi connectivity index (χ1) is 16.3. The van der Waals surface area contributed by atoms with Gasteiger partial charge in [-0.1, -0.05) is 76.3 Å². The zero-order chi connectivity index (χ0) is 24.7. The lowest BCUT2D eigenvalue weighted by molar-refractivity contribution is -0.145. The molecule has 2 aliphatic rings. The SMILES string of the molecule is CCC(C)C(NC(=O)C(Cl)c1ccccc1)C(=O)N1CCN(C(=O)CCC2CCCC2)C(C)C1. The van der Waals surface area contributed by atoms with E-state index >= 15 is 0 Å². The van der Waals surface area contributed by atoms with Crippen molar-refractivity contribution in [1.82, 2.24) is 15.1 Å². The van der Waals surface area contributed by atoms with Crippen LogP contribution in [0, 0.1) is 11.8 Å². The third-order valence-corrected chi connectivity index (χ3v) is 8.05. The second-order valence-electron chi connectivity index (χ2n) is 10.1. The minimum atomic E-state index is -0.853. The molecule has 1 heterocycles. The molecule has 0 radical (unpaired) electrons. The molecule has 0 spiro atoms. The molecule has 1 aliphatic heterocycles. The molecule has 2 fully saturated rings. The van der Waals surface area contributed by atoms with Gasteiger partial charge in [0.05, 0.1) is 0 Å². The van der Waals surface area contributed by atoms with Gasteiger partial charge in [-0.3, -0.25) is 14.4 Å². The number of amides is 3. The van der Waals surface area contributed by atoms with Crippen molar-refractivity contribution >= 4 is 29.3 Å². The second kappa shape index (κ2) is 12.6. The van der Waals surface area contributed by atoms with Crippen LogP contribution in [0.15, 0.2) is 30.3 Å². The fraction of sp³-hybridized carbons (Fsp3) is 0.667. The number of benzene rings is 1. The highest BCUT2D eigenvalue weighted by atomic mass is 35.5. The number of nitrogens with one attached hydrogen (secondary N) is 1. The van der Waals surface area contributed by atoms with Crippen molar-refractivity contribution in [2.24, 2.45) is 11.8 Å². The Morgan fingerprint density at radius 1 is 1.12 bits per heavy atom. The summed E-state index contributed by atoms with van der Waals surface area (Å²) in [5.74, 6) is 0.414. The molecule has 6 nitrogen and oxygen atoms in total. The summed E-state index contributed by atoms with van der Waals surface area (Å²) in [5.41, 5.74) is 0.704. The van der Waals surface area contributed by atoms with Crippen molar-refractivity contribution < 1.29 is 14.4 Å². The molecule has 1 aromatic rings. The van der Waals surface area contributed by atoms with Crippen molar-refractivity contribution in [2.45, 2.75) is 83.2 Å². The molecule has 4 unspecified atom stereocenters. The molecule has 1 saturated heterocycles. The van der Waals surface area contributed by atoms with Crippen LogP contribution in [-0.4, -0.2) is 59.2 Å². The number of alkyl halides is 1. The van der Waals surface area contributed by atoms with E-state index in [4.69, 9.17) is 11.6 Å². The topological polar surface area (TPSA) is 69.7 Å². The van der Waals surface area contributed by atoms with Gasteiger partial charge in [0.25, 0.3) is 0 Å². The zero-order valence-electron chi connectivity index (χ0n) is 20.8. The highest BCUT2D eigenvalue weighted by molar-refractivity contribution is 6.30. The summed E-state index contributed by atoms with van der Waals surface area (Å²) in [6, 6.07) is 8.49. The van der Waals surface area contributed by atoms with Gasteiger partial charge in [0.2, 0.25) is 17.7 Å². The lowest BCUT2D eigenvalue weighted by Crippen LogP contribution is -2.60. The molecule has 4 atom stereocenters. The van der Waals surface area contributed by atoms with E-state index in [0.717, 1.165) is 12.8 Å². The second-order valence-corrected chi connectivity index (χ2v) is 10.5. The van der Waals surface area contributed by atoms with Gasteiger partial charge in [-0.15, -0.1) is 11.6 Å². The number of carbonyl (C=O) groups excluding carboxylic acids is 3. The van der Waals surface area contributed by atoms with Crippen molar-refractivity contribution in [3.8, 4) is 0 Å². The van der Waals surface area contributed by atoms with E-state index in [0.29, 0.717) is 37.5 Å². The van der Waals surface area contributed by atoms with Crippen molar-refractivity contribution in [3.05, 3.63) is 35.9 Å². The van der Waals surface area contributed by atoms with E-state index in [1.54, 1.807) is 4.90 Å². The summed E-state index contributed by atoms with van der Waals surface area (Å²) in [6.07, 6.45) is 7.42. The van der Waals surface area contributed by atoms with Crippen molar-refractivity contribution in [3.63, 3.8) is 0 Å². The summed E-state index contributed by atoms with van der Waals surface area (Å²) >= 11 is 6.41. The molecular formula is C27H40ClN3O3. The Kier molecular flexibility index (Phi) is 9.81. The number of piperazine rings is 1. The minimum absolute atomic E-state index is 0.0301. The molecule has 1 N–H and O–H groups in total. The third-order valence-electron chi connectivity index (χ3n) is 7.60. The number of nitrogens with zero attached hydrogens (tertiary/aromatic N) is 2. The Bertz CT molecular complexity index is 828. The molecular weight excluding hydrogens is 450 g/mol. The highest BCUT2D eigenvalue weighted by Gasteiger charge is 2.36. The van der Waals surface area contributed by atoms with Gasteiger partial charge < -0.3 is 15.1 Å². The van der Waals surface area contributed by atoms with Gasteiger partial charge in [-0.25, -0.2) is 0 Å². The van der Waals surface area contributed by atoms with Gasteiger partial charge >= 0.3 is 0 Å². The molecule has 0 bridgehead atoms. The smallest absolute Gasteiger partial charge is 0.245 e. The fourth-order valence-electron chi connectivity index (χ4n) is 5.18. The molecule has 188 valence electrons. The maximum absolute atomic E-state index is 13.5. The molecule has 3 rings (SSSR count). The number of carbonyl (C=O) groups is 3. The zero-order valence-corrected chi connectivity index (χ0v) is 21.6. The summed E-state index contributed by atoms with van der Waals surface area (Å²) in [6.45, 7) is 7.51. The Balaban J connectivity index is 1.58. The number of halogens is 1. The van der Waals surface area contributed by atoms with E-state index in [9.17, 15) is 14.4 Å². The van der Waals surface area contributed by atoms with Gasteiger partial charge in [0, 0.05) is 32.1 Å². The van der Waals surface area contributed by atoms with Crippen LogP contribution in [0.5, 0.6) is 0 Å². The lowest BCUT2D eigenvalue weighted by atomic mass is 9.96. The predicted molar refractivity (Wildman–Crippen MR) is 135 cm³/mol. The van der Waals surface area contributed by atoms with Crippen LogP contribution in [0.1, 0.15) is 76.7 Å². The van der Waals surface area contributed by atoms with E-state index < -0.39 is 11.4 Å². The number of rotatable bonds is 9. The van der Waals surface area contributed by atoms with Gasteiger partial charge in [0.1, 0.15) is 11.4 Å². The van der Waals surface area contributed by atoms with E-state index in [1.165, 1.54) is 25.7 Å². The summed E-state index contributed by atoms with van der Waals surface area (Å²) in [5, 5.41) is 2.07. The molecule has 1 saturated carbocycles. The van der Waals surface area contributed by atoms with Crippen LogP contribution in [0.25, 0.3) is 0 Å². The van der Waals surface area contributed by atoms with Crippen LogP contribution in [0.2, 0.25) is 0 Å². The standard InChI is InChI=1S/C27H40ClN3O3/c1-4-19(2)25(29-26(33)24(28)22-12-6-5-7-13-22)27(34)30-16-17-31(20(3)18-30)23(32)15-14-21-10-8-9-11-21/h5-7,12-13,19-21,24-25H,4,8-11,14-18H2,1-3H3,(H,29,33). The van der Waals surface area contributed by atoms with Crippen LogP contribution >= 0.6 is 11.6 Å². The van der Waals surface area contributed by atoms with Crippen LogP contribution in [0.3, 0.4) is 0 Å². The van der Waals surface area contributed by atoms with Crippen molar-refractivity contribution in [2.75, 3.05) is 19.6 Å². The maximum Gasteiger partial charge on any atom is 0.245 e.